The maximum absolute atomic E-state index is 13.5. The maximum Gasteiger partial charge on any atom is 0.187 e. The van der Waals surface area contributed by atoms with E-state index in [0.717, 1.165) is 40.6 Å². The van der Waals surface area contributed by atoms with Gasteiger partial charge in [-0.2, -0.15) is 0 Å². The van der Waals surface area contributed by atoms with Crippen LogP contribution >= 0.6 is 22.9 Å². The number of thiazole rings is 1. The van der Waals surface area contributed by atoms with E-state index in [9.17, 15) is 4.39 Å². The summed E-state index contributed by atoms with van der Waals surface area (Å²) in [4.78, 5) is 10.3. The van der Waals surface area contributed by atoms with Crippen molar-refractivity contribution < 1.29 is 9.13 Å². The van der Waals surface area contributed by atoms with Crippen LogP contribution in [0, 0.1) is 5.82 Å². The van der Waals surface area contributed by atoms with Gasteiger partial charge in [0.25, 0.3) is 0 Å². The molecular formula is C24H23ClFN5OS. The molecule has 0 saturated heterocycles. The molecule has 0 aliphatic heterocycles. The number of methoxy groups -OCH3 is 1. The number of halogens is 2. The van der Waals surface area contributed by atoms with Crippen LogP contribution < -0.4 is 15.4 Å². The fourth-order valence-corrected chi connectivity index (χ4v) is 5.54. The van der Waals surface area contributed by atoms with Crippen LogP contribution in [0.15, 0.2) is 55.0 Å². The molecule has 6 nitrogen and oxygen atoms in total. The summed E-state index contributed by atoms with van der Waals surface area (Å²) in [6, 6.07) is 13.0. The Kier molecular flexibility index (Phi) is 6.05. The quantitative estimate of drug-likeness (QED) is 0.377. The summed E-state index contributed by atoms with van der Waals surface area (Å²) in [5, 5.41) is 8.08. The molecule has 5 rings (SSSR count). The van der Waals surface area contributed by atoms with Crippen molar-refractivity contribution in [1.82, 2.24) is 19.9 Å². The van der Waals surface area contributed by atoms with E-state index in [1.54, 1.807) is 31.0 Å². The van der Waals surface area contributed by atoms with Crippen LogP contribution in [0.5, 0.6) is 5.75 Å². The summed E-state index contributed by atoms with van der Waals surface area (Å²) in [5.41, 5.74) is 3.86. The zero-order chi connectivity index (χ0) is 22.9. The van der Waals surface area contributed by atoms with Gasteiger partial charge in [0, 0.05) is 34.8 Å². The van der Waals surface area contributed by atoms with Crippen LogP contribution in [0.25, 0.3) is 5.69 Å². The maximum atomic E-state index is 13.5. The van der Waals surface area contributed by atoms with Crippen LogP contribution in [0.4, 0.5) is 15.2 Å². The highest BCUT2D eigenvalue weighted by molar-refractivity contribution is 7.15. The molecule has 2 heterocycles. The molecule has 1 aliphatic rings. The van der Waals surface area contributed by atoms with Crippen molar-refractivity contribution >= 4 is 33.8 Å². The Balaban J connectivity index is 1.44. The van der Waals surface area contributed by atoms with E-state index in [2.05, 4.69) is 15.6 Å². The standard InChI is InChI=1S/C24H23ClFN5OS/c1-27-17-9-18(14-3-5-15(26)6-4-14)23-21(11-17)33-24(30-23)29-16-7-8-19(20(10-16)32-2)31-12-22(25)28-13-31/h3-8,10,12-13,17-18,27H,9,11H2,1-2H3,(H,29,30). The molecule has 2 unspecified atom stereocenters. The van der Waals surface area contributed by atoms with Crippen LogP contribution in [0.1, 0.15) is 28.5 Å². The van der Waals surface area contributed by atoms with E-state index in [1.807, 2.05) is 41.9 Å². The molecule has 0 fully saturated rings. The Bertz CT molecular complexity index is 1270. The van der Waals surface area contributed by atoms with Gasteiger partial charge in [0.15, 0.2) is 5.13 Å². The Morgan fingerprint density at radius 2 is 2.03 bits per heavy atom. The monoisotopic (exact) mass is 483 g/mol. The van der Waals surface area contributed by atoms with E-state index < -0.39 is 0 Å². The molecule has 1 aliphatic carbocycles. The van der Waals surface area contributed by atoms with Crippen molar-refractivity contribution in [3.05, 3.63) is 82.1 Å². The van der Waals surface area contributed by atoms with Crippen LogP contribution in [0.3, 0.4) is 0 Å². The lowest BCUT2D eigenvalue weighted by molar-refractivity contribution is 0.413. The second-order valence-corrected chi connectivity index (χ2v) is 9.44. The molecule has 170 valence electrons. The van der Waals surface area contributed by atoms with Gasteiger partial charge >= 0.3 is 0 Å². The number of ether oxygens (including phenoxy) is 1. The van der Waals surface area contributed by atoms with Crippen LogP contribution in [-0.4, -0.2) is 34.7 Å². The second-order valence-electron chi connectivity index (χ2n) is 7.97. The number of hydrogen-bond donors (Lipinski definition) is 2. The first kappa shape index (κ1) is 21.9. The van der Waals surface area contributed by atoms with Gasteiger partial charge in [0.1, 0.15) is 23.0 Å². The number of imidazole rings is 1. The molecule has 0 amide bonds. The third kappa shape index (κ3) is 4.46. The largest absolute Gasteiger partial charge is 0.494 e. The summed E-state index contributed by atoms with van der Waals surface area (Å²) in [5.74, 6) is 0.590. The number of anilines is 2. The molecule has 2 atom stereocenters. The molecule has 2 N–H and O–H groups in total. The predicted octanol–water partition coefficient (Wildman–Crippen LogP) is 5.54. The summed E-state index contributed by atoms with van der Waals surface area (Å²) in [6.45, 7) is 0. The molecule has 2 aromatic carbocycles. The first-order valence-corrected chi connectivity index (χ1v) is 11.8. The number of hydrogen-bond acceptors (Lipinski definition) is 6. The van der Waals surface area contributed by atoms with Gasteiger partial charge in [-0.3, -0.25) is 0 Å². The van der Waals surface area contributed by atoms with Crippen molar-refractivity contribution in [1.29, 1.82) is 0 Å². The van der Waals surface area contributed by atoms with Gasteiger partial charge in [-0.05, 0) is 49.7 Å². The SMILES string of the molecule is CNC1Cc2sc(Nc3ccc(-n4cnc(Cl)c4)c(OC)c3)nc2C(c2ccc(F)cc2)C1. The molecule has 2 aromatic heterocycles. The molecule has 0 bridgehead atoms. The highest BCUT2D eigenvalue weighted by atomic mass is 35.5. The van der Waals surface area contributed by atoms with Gasteiger partial charge in [0.2, 0.25) is 0 Å². The molecule has 9 heteroatoms. The van der Waals surface area contributed by atoms with E-state index in [1.165, 1.54) is 17.0 Å². The van der Waals surface area contributed by atoms with Crippen molar-refractivity contribution in [3.8, 4) is 11.4 Å². The minimum Gasteiger partial charge on any atom is -0.494 e. The van der Waals surface area contributed by atoms with Crippen LogP contribution in [-0.2, 0) is 6.42 Å². The Morgan fingerprint density at radius 3 is 2.73 bits per heavy atom. The number of aromatic nitrogens is 3. The first-order chi connectivity index (χ1) is 16.0. The average Bonchev–Trinajstić information content (AvgIpc) is 3.44. The minimum atomic E-state index is -0.226. The molecule has 33 heavy (non-hydrogen) atoms. The molecule has 0 spiro atoms. The number of fused-ring (bicyclic) bond motifs is 1. The number of benzene rings is 2. The lowest BCUT2D eigenvalue weighted by Crippen LogP contribution is -2.33. The van der Waals surface area contributed by atoms with Gasteiger partial charge in [0.05, 0.1) is 18.5 Å². The first-order valence-electron chi connectivity index (χ1n) is 10.6. The lowest BCUT2D eigenvalue weighted by Gasteiger charge is -2.28. The Hall–Kier alpha value is -2.94. The topological polar surface area (TPSA) is 64.0 Å². The minimum absolute atomic E-state index is 0.126. The summed E-state index contributed by atoms with van der Waals surface area (Å²) in [6.07, 6.45) is 5.23. The van der Waals surface area contributed by atoms with Crippen molar-refractivity contribution in [3.63, 3.8) is 0 Å². The Morgan fingerprint density at radius 1 is 1.21 bits per heavy atom. The fourth-order valence-electron chi connectivity index (χ4n) is 4.27. The number of nitrogens with zero attached hydrogens (tertiary/aromatic N) is 3. The highest BCUT2D eigenvalue weighted by Crippen LogP contribution is 2.41. The third-order valence-electron chi connectivity index (χ3n) is 5.95. The smallest absolute Gasteiger partial charge is 0.187 e. The fraction of sp³-hybridized carbons (Fsp3) is 0.250. The van der Waals surface area contributed by atoms with E-state index in [0.29, 0.717) is 16.9 Å². The summed E-state index contributed by atoms with van der Waals surface area (Å²) < 4.78 is 20.9. The zero-order valence-electron chi connectivity index (χ0n) is 18.2. The summed E-state index contributed by atoms with van der Waals surface area (Å²) >= 11 is 7.62. The molecule has 0 radical (unpaired) electrons. The molecular weight excluding hydrogens is 461 g/mol. The normalized spacial score (nSPS) is 17.6. The molecule has 4 aromatic rings. The lowest BCUT2D eigenvalue weighted by atomic mass is 9.83. The van der Waals surface area contributed by atoms with Crippen molar-refractivity contribution in [2.45, 2.75) is 24.8 Å². The molecule has 0 saturated carbocycles. The Labute approximate surface area is 200 Å². The van der Waals surface area contributed by atoms with E-state index >= 15 is 0 Å². The van der Waals surface area contributed by atoms with E-state index in [4.69, 9.17) is 21.3 Å². The van der Waals surface area contributed by atoms with Gasteiger partial charge < -0.3 is 19.9 Å². The van der Waals surface area contributed by atoms with Crippen molar-refractivity contribution in [2.24, 2.45) is 0 Å². The number of likely N-dealkylation sites (N-methyl/N-ethyl adjacent to an activating group) is 1. The number of nitrogens with one attached hydrogen (secondary N) is 2. The van der Waals surface area contributed by atoms with E-state index in [-0.39, 0.29) is 11.7 Å². The average molecular weight is 484 g/mol. The summed E-state index contributed by atoms with van der Waals surface area (Å²) in [7, 11) is 3.62. The second kappa shape index (κ2) is 9.13. The van der Waals surface area contributed by atoms with Gasteiger partial charge in [-0.15, -0.1) is 11.3 Å². The van der Waals surface area contributed by atoms with Crippen LogP contribution in [0.2, 0.25) is 5.15 Å². The highest BCUT2D eigenvalue weighted by Gasteiger charge is 2.31. The third-order valence-corrected chi connectivity index (χ3v) is 7.15. The predicted molar refractivity (Wildman–Crippen MR) is 130 cm³/mol. The van der Waals surface area contributed by atoms with Crippen molar-refractivity contribution in [2.75, 3.05) is 19.5 Å². The van der Waals surface area contributed by atoms with Gasteiger partial charge in [-0.25, -0.2) is 14.4 Å². The number of rotatable bonds is 6. The van der Waals surface area contributed by atoms with Gasteiger partial charge in [-0.1, -0.05) is 23.7 Å². The zero-order valence-corrected chi connectivity index (χ0v) is 19.8.